The summed E-state index contributed by atoms with van der Waals surface area (Å²) < 4.78 is 0. The van der Waals surface area contributed by atoms with Crippen molar-refractivity contribution in [2.45, 2.75) is 40.5 Å². The highest BCUT2D eigenvalue weighted by Gasteiger charge is 2.13. The third kappa shape index (κ3) is 3.43. The SMILES string of the molecule is C=C(C)C/C(=C/CC)c1c(C)cccc1C(C)=O. The monoisotopic (exact) mass is 242 g/mol. The fraction of sp³-hybridized carbons (Fsp3) is 0.353. The van der Waals surface area contributed by atoms with Gasteiger partial charge < -0.3 is 0 Å². The zero-order valence-corrected chi connectivity index (χ0v) is 11.8. The van der Waals surface area contributed by atoms with Crippen molar-refractivity contribution in [2.24, 2.45) is 0 Å². The molecule has 1 rings (SSSR count). The first kappa shape index (κ1) is 14.4. The molecule has 0 amide bonds. The molecule has 0 spiro atoms. The number of hydrogen-bond donors (Lipinski definition) is 0. The molecule has 0 atom stereocenters. The number of carbonyl (C=O) groups is 1. The molecule has 0 radical (unpaired) electrons. The number of hydrogen-bond acceptors (Lipinski definition) is 1. The molecular weight excluding hydrogens is 220 g/mol. The molecular formula is C17H22O. The van der Waals surface area contributed by atoms with Gasteiger partial charge in [-0.3, -0.25) is 4.79 Å². The van der Waals surface area contributed by atoms with E-state index in [9.17, 15) is 4.79 Å². The van der Waals surface area contributed by atoms with Crippen molar-refractivity contribution >= 4 is 11.4 Å². The Hall–Kier alpha value is -1.63. The molecule has 18 heavy (non-hydrogen) atoms. The molecule has 0 aliphatic heterocycles. The van der Waals surface area contributed by atoms with Gasteiger partial charge in [-0.05, 0) is 50.3 Å². The Kier molecular flexibility index (Phi) is 5.08. The van der Waals surface area contributed by atoms with Gasteiger partial charge in [-0.15, -0.1) is 0 Å². The van der Waals surface area contributed by atoms with Crippen LogP contribution in [0.5, 0.6) is 0 Å². The van der Waals surface area contributed by atoms with Gasteiger partial charge in [0.25, 0.3) is 0 Å². The van der Waals surface area contributed by atoms with E-state index >= 15 is 0 Å². The quantitative estimate of drug-likeness (QED) is 0.527. The first-order valence-corrected chi connectivity index (χ1v) is 6.41. The molecule has 0 fully saturated rings. The lowest BCUT2D eigenvalue weighted by atomic mass is 9.89. The smallest absolute Gasteiger partial charge is 0.160 e. The Balaban J connectivity index is 3.39. The number of Topliss-reactive ketones (excluding diaryl/α,β-unsaturated/α-hetero) is 1. The van der Waals surface area contributed by atoms with Crippen LogP contribution in [0.15, 0.2) is 36.4 Å². The Morgan fingerprint density at radius 2 is 2.00 bits per heavy atom. The molecule has 1 heteroatoms. The topological polar surface area (TPSA) is 17.1 Å². The summed E-state index contributed by atoms with van der Waals surface area (Å²) >= 11 is 0. The van der Waals surface area contributed by atoms with Gasteiger partial charge in [-0.1, -0.05) is 43.4 Å². The van der Waals surface area contributed by atoms with Crippen LogP contribution in [0.2, 0.25) is 0 Å². The molecule has 0 N–H and O–H groups in total. The van der Waals surface area contributed by atoms with E-state index in [1.54, 1.807) is 6.92 Å². The molecule has 1 aromatic carbocycles. The van der Waals surface area contributed by atoms with E-state index in [4.69, 9.17) is 0 Å². The summed E-state index contributed by atoms with van der Waals surface area (Å²) in [5.41, 5.74) is 5.40. The first-order chi connectivity index (χ1) is 8.47. The van der Waals surface area contributed by atoms with Gasteiger partial charge in [0.1, 0.15) is 0 Å². The number of benzene rings is 1. The van der Waals surface area contributed by atoms with Crippen molar-refractivity contribution in [3.05, 3.63) is 53.1 Å². The normalized spacial score (nSPS) is 11.4. The van der Waals surface area contributed by atoms with Gasteiger partial charge in [-0.2, -0.15) is 0 Å². The van der Waals surface area contributed by atoms with Gasteiger partial charge in [0.15, 0.2) is 5.78 Å². The van der Waals surface area contributed by atoms with Gasteiger partial charge >= 0.3 is 0 Å². The average Bonchev–Trinajstić information content (AvgIpc) is 2.27. The maximum absolute atomic E-state index is 11.8. The summed E-state index contributed by atoms with van der Waals surface area (Å²) in [6, 6.07) is 5.91. The summed E-state index contributed by atoms with van der Waals surface area (Å²) in [6.45, 7) is 11.8. The minimum Gasteiger partial charge on any atom is -0.294 e. The number of ketones is 1. The lowest BCUT2D eigenvalue weighted by molar-refractivity contribution is 0.101. The standard InChI is InChI=1S/C17H22O/c1-6-8-15(11-12(2)3)17-13(4)9-7-10-16(17)14(5)18/h7-10H,2,6,11H2,1,3-5H3/b15-8-. The van der Waals surface area contributed by atoms with Crippen LogP contribution in [0.4, 0.5) is 0 Å². The van der Waals surface area contributed by atoms with Crippen LogP contribution in [0.25, 0.3) is 5.57 Å². The Bertz CT molecular complexity index is 492. The second kappa shape index (κ2) is 6.34. The average molecular weight is 242 g/mol. The van der Waals surface area contributed by atoms with Crippen LogP contribution in [-0.4, -0.2) is 5.78 Å². The minimum atomic E-state index is 0.123. The molecule has 0 heterocycles. The zero-order valence-electron chi connectivity index (χ0n) is 11.8. The van der Waals surface area contributed by atoms with Crippen molar-refractivity contribution < 1.29 is 4.79 Å². The van der Waals surface area contributed by atoms with E-state index < -0.39 is 0 Å². The van der Waals surface area contributed by atoms with Gasteiger partial charge in [0.05, 0.1) is 0 Å². The number of carbonyl (C=O) groups excluding carboxylic acids is 1. The molecule has 0 saturated carbocycles. The molecule has 1 nitrogen and oxygen atoms in total. The highest BCUT2D eigenvalue weighted by molar-refractivity contribution is 5.99. The predicted molar refractivity (Wildman–Crippen MR) is 78.9 cm³/mol. The van der Waals surface area contributed by atoms with Crippen molar-refractivity contribution in [3.8, 4) is 0 Å². The minimum absolute atomic E-state index is 0.123. The van der Waals surface area contributed by atoms with Crippen LogP contribution >= 0.6 is 0 Å². The van der Waals surface area contributed by atoms with Crippen LogP contribution in [0.1, 0.15) is 55.1 Å². The van der Waals surface area contributed by atoms with Crippen LogP contribution < -0.4 is 0 Å². The second-order valence-corrected chi connectivity index (χ2v) is 4.83. The molecule has 0 saturated heterocycles. The third-order valence-electron chi connectivity index (χ3n) is 2.92. The summed E-state index contributed by atoms with van der Waals surface area (Å²) in [5.74, 6) is 0.123. The molecule has 0 aliphatic rings. The number of allylic oxidation sites excluding steroid dienone is 3. The highest BCUT2D eigenvalue weighted by Crippen LogP contribution is 2.29. The zero-order chi connectivity index (χ0) is 13.7. The molecule has 0 bridgehead atoms. The number of rotatable bonds is 5. The summed E-state index contributed by atoms with van der Waals surface area (Å²) in [5, 5.41) is 0. The van der Waals surface area contributed by atoms with E-state index in [2.05, 4.69) is 32.6 Å². The van der Waals surface area contributed by atoms with Crippen molar-refractivity contribution in [1.29, 1.82) is 0 Å². The maximum Gasteiger partial charge on any atom is 0.160 e. The third-order valence-corrected chi connectivity index (χ3v) is 2.92. The van der Waals surface area contributed by atoms with E-state index in [1.165, 1.54) is 5.57 Å². The van der Waals surface area contributed by atoms with Crippen molar-refractivity contribution in [2.75, 3.05) is 0 Å². The molecule has 0 aromatic heterocycles. The van der Waals surface area contributed by atoms with Crippen LogP contribution in [0, 0.1) is 6.92 Å². The lowest BCUT2D eigenvalue weighted by Gasteiger charge is -2.15. The Labute approximate surface area is 110 Å². The molecule has 1 aromatic rings. The summed E-state index contributed by atoms with van der Waals surface area (Å²) in [7, 11) is 0. The largest absolute Gasteiger partial charge is 0.294 e. The number of aryl methyl sites for hydroxylation is 1. The predicted octanol–water partition coefficient (Wildman–Crippen LogP) is 4.96. The van der Waals surface area contributed by atoms with Crippen molar-refractivity contribution in [3.63, 3.8) is 0 Å². The van der Waals surface area contributed by atoms with Crippen molar-refractivity contribution in [1.82, 2.24) is 0 Å². The summed E-state index contributed by atoms with van der Waals surface area (Å²) in [6.07, 6.45) is 4.00. The summed E-state index contributed by atoms with van der Waals surface area (Å²) in [4.78, 5) is 11.8. The van der Waals surface area contributed by atoms with E-state index in [0.29, 0.717) is 0 Å². The van der Waals surface area contributed by atoms with Gasteiger partial charge in [-0.25, -0.2) is 0 Å². The second-order valence-electron chi connectivity index (χ2n) is 4.83. The maximum atomic E-state index is 11.8. The van der Waals surface area contributed by atoms with Gasteiger partial charge in [0, 0.05) is 5.56 Å². The van der Waals surface area contributed by atoms with Crippen LogP contribution in [0.3, 0.4) is 0 Å². The van der Waals surface area contributed by atoms with E-state index in [0.717, 1.165) is 35.1 Å². The van der Waals surface area contributed by atoms with E-state index in [1.807, 2.05) is 19.1 Å². The Morgan fingerprint density at radius 1 is 1.33 bits per heavy atom. The Morgan fingerprint density at radius 3 is 2.50 bits per heavy atom. The fourth-order valence-electron chi connectivity index (χ4n) is 2.22. The first-order valence-electron chi connectivity index (χ1n) is 6.41. The molecule has 0 aliphatic carbocycles. The fourth-order valence-corrected chi connectivity index (χ4v) is 2.22. The highest BCUT2D eigenvalue weighted by atomic mass is 16.1. The molecule has 0 unspecified atom stereocenters. The molecule has 96 valence electrons. The van der Waals surface area contributed by atoms with E-state index in [-0.39, 0.29) is 5.78 Å². The lowest BCUT2D eigenvalue weighted by Crippen LogP contribution is -2.02. The van der Waals surface area contributed by atoms with Crippen LogP contribution in [-0.2, 0) is 0 Å². The van der Waals surface area contributed by atoms with Gasteiger partial charge in [0.2, 0.25) is 0 Å².